The number of hydrogen-bond acceptors (Lipinski definition) is 5. The molecule has 1 amide bonds. The summed E-state index contributed by atoms with van der Waals surface area (Å²) in [7, 11) is 1.79. The molecule has 7 nitrogen and oxygen atoms in total. The number of carbonyl (C=O) groups is 1. The quantitative estimate of drug-likeness (QED) is 0.550. The monoisotopic (exact) mass is 362 g/mol. The molecule has 0 fully saturated rings. The van der Waals surface area contributed by atoms with E-state index in [0.29, 0.717) is 28.1 Å². The number of benzene rings is 1. The van der Waals surface area contributed by atoms with Crippen LogP contribution in [0.15, 0.2) is 59.2 Å². The second-order valence-corrected chi connectivity index (χ2v) is 6.15. The number of nitrogens with one attached hydrogen (secondary N) is 1. The van der Waals surface area contributed by atoms with Crippen molar-refractivity contribution in [1.82, 2.24) is 20.2 Å². The minimum Gasteiger partial charge on any atom is -0.463 e. The van der Waals surface area contributed by atoms with Gasteiger partial charge < -0.3 is 4.42 Å². The second kappa shape index (κ2) is 7.05. The van der Waals surface area contributed by atoms with Crippen molar-refractivity contribution >= 4 is 16.9 Å². The molecule has 4 rings (SSSR count). The number of hydrogen-bond donors (Lipinski definition) is 1. The lowest BCUT2D eigenvalue weighted by Gasteiger charge is -2.09. The van der Waals surface area contributed by atoms with E-state index in [1.807, 2.05) is 37.3 Å². The summed E-state index contributed by atoms with van der Waals surface area (Å²) in [4.78, 5) is 22.8. The fourth-order valence-corrected chi connectivity index (χ4v) is 2.99. The van der Waals surface area contributed by atoms with Crippen molar-refractivity contribution in [3.8, 4) is 11.5 Å². The van der Waals surface area contributed by atoms with E-state index < -0.39 is 0 Å². The standard InChI is InChI=1S/C20H18N4O3/c1-13-18-15(20(25)23-27-12-14-7-4-3-5-8-14)11-16(17-9-6-10-26-17)21-19(18)24(2)22-13/h3-11H,12H2,1-2H3,(H,23,25). The number of pyridine rings is 1. The SMILES string of the molecule is Cc1nn(C)c2nc(-c3ccco3)cc(C(=O)NOCc3ccccc3)c12. The largest absolute Gasteiger partial charge is 0.463 e. The summed E-state index contributed by atoms with van der Waals surface area (Å²) < 4.78 is 7.09. The Labute approximate surface area is 155 Å². The van der Waals surface area contributed by atoms with E-state index in [1.165, 1.54) is 0 Å². The molecule has 3 aromatic heterocycles. The van der Waals surface area contributed by atoms with Crippen LogP contribution in [0.25, 0.3) is 22.5 Å². The Hall–Kier alpha value is -3.45. The molecule has 0 saturated carbocycles. The number of carbonyl (C=O) groups excluding carboxylic acids is 1. The summed E-state index contributed by atoms with van der Waals surface area (Å²) >= 11 is 0. The van der Waals surface area contributed by atoms with E-state index in [2.05, 4.69) is 15.6 Å². The van der Waals surface area contributed by atoms with Gasteiger partial charge in [-0.2, -0.15) is 5.10 Å². The van der Waals surface area contributed by atoms with Gasteiger partial charge in [0.2, 0.25) is 0 Å². The van der Waals surface area contributed by atoms with Crippen molar-refractivity contribution in [3.05, 3.63) is 71.6 Å². The van der Waals surface area contributed by atoms with Crippen LogP contribution in [0.4, 0.5) is 0 Å². The van der Waals surface area contributed by atoms with Gasteiger partial charge in [-0.3, -0.25) is 14.3 Å². The van der Waals surface area contributed by atoms with Crippen LogP contribution < -0.4 is 5.48 Å². The van der Waals surface area contributed by atoms with Crippen LogP contribution in [0.2, 0.25) is 0 Å². The first-order valence-electron chi connectivity index (χ1n) is 8.48. The maximum absolute atomic E-state index is 12.8. The molecule has 0 saturated heterocycles. The normalized spacial score (nSPS) is 11.0. The molecule has 7 heteroatoms. The van der Waals surface area contributed by atoms with Gasteiger partial charge in [-0.15, -0.1) is 0 Å². The van der Waals surface area contributed by atoms with E-state index in [9.17, 15) is 4.79 Å². The summed E-state index contributed by atoms with van der Waals surface area (Å²) in [5.41, 5.74) is 5.80. The van der Waals surface area contributed by atoms with Crippen LogP contribution in [0.5, 0.6) is 0 Å². The van der Waals surface area contributed by atoms with E-state index in [-0.39, 0.29) is 12.5 Å². The van der Waals surface area contributed by atoms with Crippen LogP contribution >= 0.6 is 0 Å². The third kappa shape index (κ3) is 3.32. The topological polar surface area (TPSA) is 82.2 Å². The third-order valence-electron chi connectivity index (χ3n) is 4.23. The Morgan fingerprint density at radius 2 is 2.04 bits per heavy atom. The van der Waals surface area contributed by atoms with Crippen LogP contribution in [-0.2, 0) is 18.5 Å². The van der Waals surface area contributed by atoms with Crippen molar-refractivity contribution in [2.75, 3.05) is 0 Å². The van der Waals surface area contributed by atoms with Gasteiger partial charge in [-0.05, 0) is 30.7 Å². The zero-order chi connectivity index (χ0) is 18.8. The van der Waals surface area contributed by atoms with E-state index in [0.717, 1.165) is 11.3 Å². The van der Waals surface area contributed by atoms with Gasteiger partial charge in [0.1, 0.15) is 5.69 Å². The number of furan rings is 1. The number of aryl methyl sites for hydroxylation is 2. The molecule has 0 unspecified atom stereocenters. The summed E-state index contributed by atoms with van der Waals surface area (Å²) in [6.45, 7) is 2.12. The highest BCUT2D eigenvalue weighted by molar-refractivity contribution is 6.07. The molecule has 0 radical (unpaired) electrons. The Bertz CT molecular complexity index is 1090. The van der Waals surface area contributed by atoms with Gasteiger partial charge >= 0.3 is 0 Å². The zero-order valence-corrected chi connectivity index (χ0v) is 15.0. The molecular weight excluding hydrogens is 344 g/mol. The molecular formula is C20H18N4O3. The molecule has 0 spiro atoms. The zero-order valence-electron chi connectivity index (χ0n) is 15.0. The number of rotatable bonds is 5. The van der Waals surface area contributed by atoms with Crippen LogP contribution in [-0.4, -0.2) is 20.7 Å². The molecule has 4 aromatic rings. The number of aromatic nitrogens is 3. The van der Waals surface area contributed by atoms with E-state index >= 15 is 0 Å². The van der Waals surface area contributed by atoms with E-state index in [1.54, 1.807) is 36.2 Å². The van der Waals surface area contributed by atoms with Crippen molar-refractivity contribution in [2.45, 2.75) is 13.5 Å². The van der Waals surface area contributed by atoms with E-state index in [4.69, 9.17) is 9.25 Å². The molecule has 0 atom stereocenters. The first kappa shape index (κ1) is 17.0. The molecule has 1 aromatic carbocycles. The maximum atomic E-state index is 12.8. The second-order valence-electron chi connectivity index (χ2n) is 6.15. The van der Waals surface area contributed by atoms with Crippen molar-refractivity contribution < 1.29 is 14.0 Å². The predicted octanol–water partition coefficient (Wildman–Crippen LogP) is 3.40. The molecule has 27 heavy (non-hydrogen) atoms. The van der Waals surface area contributed by atoms with Gasteiger partial charge in [-0.1, -0.05) is 30.3 Å². The van der Waals surface area contributed by atoms with Gasteiger partial charge in [0.15, 0.2) is 11.4 Å². The summed E-state index contributed by atoms with van der Waals surface area (Å²) in [5.74, 6) is 0.220. The van der Waals surface area contributed by atoms with Gasteiger partial charge in [-0.25, -0.2) is 10.5 Å². The molecule has 136 valence electrons. The first-order valence-corrected chi connectivity index (χ1v) is 8.48. The van der Waals surface area contributed by atoms with Gasteiger partial charge in [0.25, 0.3) is 5.91 Å². The minimum atomic E-state index is -0.359. The van der Waals surface area contributed by atoms with Gasteiger partial charge in [0, 0.05) is 7.05 Å². The molecule has 3 heterocycles. The fraction of sp³-hybridized carbons (Fsp3) is 0.150. The molecule has 0 aliphatic carbocycles. The minimum absolute atomic E-state index is 0.276. The molecule has 0 aliphatic heterocycles. The third-order valence-corrected chi connectivity index (χ3v) is 4.23. The predicted molar refractivity (Wildman–Crippen MR) is 99.6 cm³/mol. The smallest absolute Gasteiger partial charge is 0.275 e. The number of hydroxylamine groups is 1. The highest BCUT2D eigenvalue weighted by atomic mass is 16.6. The highest BCUT2D eigenvalue weighted by Crippen LogP contribution is 2.27. The maximum Gasteiger partial charge on any atom is 0.275 e. The van der Waals surface area contributed by atoms with Crippen LogP contribution in [0, 0.1) is 6.92 Å². The average Bonchev–Trinajstić information content (AvgIpc) is 3.31. The highest BCUT2D eigenvalue weighted by Gasteiger charge is 2.20. The Morgan fingerprint density at radius 3 is 2.78 bits per heavy atom. The lowest BCUT2D eigenvalue weighted by molar-refractivity contribution is 0.0235. The van der Waals surface area contributed by atoms with Gasteiger partial charge in [0.05, 0.1) is 29.5 Å². The summed E-state index contributed by atoms with van der Waals surface area (Å²) in [6.07, 6.45) is 1.57. The Kier molecular flexibility index (Phi) is 4.43. The van der Waals surface area contributed by atoms with Crippen LogP contribution in [0.1, 0.15) is 21.6 Å². The fourth-order valence-electron chi connectivity index (χ4n) is 2.99. The lowest BCUT2D eigenvalue weighted by atomic mass is 10.1. The molecule has 0 bridgehead atoms. The Balaban J connectivity index is 1.66. The molecule has 1 N–H and O–H groups in total. The van der Waals surface area contributed by atoms with Crippen LogP contribution in [0.3, 0.4) is 0 Å². The average molecular weight is 362 g/mol. The lowest BCUT2D eigenvalue weighted by Crippen LogP contribution is -2.24. The van der Waals surface area contributed by atoms with Crippen molar-refractivity contribution in [3.63, 3.8) is 0 Å². The molecule has 0 aliphatic rings. The summed E-state index contributed by atoms with van der Waals surface area (Å²) in [6, 6.07) is 14.9. The van der Waals surface area contributed by atoms with Crippen molar-refractivity contribution in [2.24, 2.45) is 7.05 Å². The number of nitrogens with zero attached hydrogens (tertiary/aromatic N) is 3. The number of amides is 1. The number of fused-ring (bicyclic) bond motifs is 1. The Morgan fingerprint density at radius 1 is 1.22 bits per heavy atom. The first-order chi connectivity index (χ1) is 13.1. The summed E-state index contributed by atoms with van der Waals surface area (Å²) in [5, 5.41) is 5.07. The van der Waals surface area contributed by atoms with Crippen molar-refractivity contribution in [1.29, 1.82) is 0 Å².